The monoisotopic (exact) mass is 236 g/mol. The highest BCUT2D eigenvalue weighted by atomic mass is 16.6. The Morgan fingerprint density at radius 3 is 2.88 bits per heavy atom. The van der Waals surface area contributed by atoms with Crippen LogP contribution in [0, 0.1) is 0 Å². The van der Waals surface area contributed by atoms with E-state index in [0.29, 0.717) is 0 Å². The zero-order valence-electron chi connectivity index (χ0n) is 10.5. The maximum atomic E-state index is 11.3. The number of nitrogens with one attached hydrogen (secondary N) is 1. The molecule has 0 saturated carbocycles. The molecule has 1 heterocycles. The molecule has 4 nitrogen and oxygen atoms in total. The fraction of sp³-hybridized carbons (Fsp3) is 0.538. The van der Waals surface area contributed by atoms with Crippen molar-refractivity contribution in [1.82, 2.24) is 10.3 Å². The van der Waals surface area contributed by atoms with Crippen LogP contribution in [0.15, 0.2) is 24.4 Å². The first-order chi connectivity index (χ1) is 8.27. The van der Waals surface area contributed by atoms with E-state index in [9.17, 15) is 4.79 Å². The molecule has 0 saturated heterocycles. The van der Waals surface area contributed by atoms with E-state index in [0.717, 1.165) is 31.4 Å². The number of rotatable bonds is 6. The van der Waals surface area contributed by atoms with Crippen LogP contribution in [0.25, 0.3) is 0 Å². The predicted molar refractivity (Wildman–Crippen MR) is 66.7 cm³/mol. The SMILES string of the molecule is CCCCCC(OC(=O)NC)c1ccccn1. The number of hydrogen-bond acceptors (Lipinski definition) is 3. The number of amides is 1. The standard InChI is InChI=1S/C13H20N2O2/c1-3-4-5-9-12(17-13(16)14-2)11-8-6-7-10-15-11/h6-8,10,12H,3-5,9H2,1-2H3,(H,14,16). The molecule has 0 radical (unpaired) electrons. The highest BCUT2D eigenvalue weighted by molar-refractivity contribution is 5.66. The fourth-order valence-corrected chi connectivity index (χ4v) is 1.60. The van der Waals surface area contributed by atoms with Gasteiger partial charge in [0.25, 0.3) is 0 Å². The van der Waals surface area contributed by atoms with Crippen molar-refractivity contribution in [2.45, 2.75) is 38.7 Å². The summed E-state index contributed by atoms with van der Waals surface area (Å²) in [6.45, 7) is 2.15. The molecule has 1 aromatic heterocycles. The number of aromatic nitrogens is 1. The third-order valence-electron chi connectivity index (χ3n) is 2.54. The van der Waals surface area contributed by atoms with E-state index < -0.39 is 6.09 Å². The van der Waals surface area contributed by atoms with E-state index in [1.54, 1.807) is 13.2 Å². The fourth-order valence-electron chi connectivity index (χ4n) is 1.60. The van der Waals surface area contributed by atoms with Crippen molar-refractivity contribution in [3.8, 4) is 0 Å². The van der Waals surface area contributed by atoms with Crippen LogP contribution in [0.1, 0.15) is 44.4 Å². The van der Waals surface area contributed by atoms with Crippen LogP contribution >= 0.6 is 0 Å². The van der Waals surface area contributed by atoms with Crippen LogP contribution in [0.3, 0.4) is 0 Å². The lowest BCUT2D eigenvalue weighted by Crippen LogP contribution is -2.22. The molecule has 0 aliphatic heterocycles. The van der Waals surface area contributed by atoms with Gasteiger partial charge >= 0.3 is 6.09 Å². The van der Waals surface area contributed by atoms with E-state index in [1.807, 2.05) is 18.2 Å². The number of carbonyl (C=O) groups is 1. The average molecular weight is 236 g/mol. The molecular weight excluding hydrogens is 216 g/mol. The maximum absolute atomic E-state index is 11.3. The Balaban J connectivity index is 2.61. The summed E-state index contributed by atoms with van der Waals surface area (Å²) in [4.78, 5) is 15.5. The lowest BCUT2D eigenvalue weighted by Gasteiger charge is -2.16. The lowest BCUT2D eigenvalue weighted by atomic mass is 10.1. The number of pyridine rings is 1. The summed E-state index contributed by atoms with van der Waals surface area (Å²) in [5.41, 5.74) is 0.812. The van der Waals surface area contributed by atoms with Gasteiger partial charge < -0.3 is 10.1 Å². The Morgan fingerprint density at radius 2 is 2.29 bits per heavy atom. The first-order valence-electron chi connectivity index (χ1n) is 6.07. The van der Waals surface area contributed by atoms with Gasteiger partial charge in [0.1, 0.15) is 6.10 Å². The van der Waals surface area contributed by atoms with Gasteiger partial charge in [-0.3, -0.25) is 4.98 Å². The summed E-state index contributed by atoms with van der Waals surface area (Å²) in [6, 6.07) is 5.65. The van der Waals surface area contributed by atoms with Gasteiger partial charge in [-0.15, -0.1) is 0 Å². The van der Waals surface area contributed by atoms with Crippen molar-refractivity contribution in [3.63, 3.8) is 0 Å². The van der Waals surface area contributed by atoms with Gasteiger partial charge in [-0.05, 0) is 25.0 Å². The van der Waals surface area contributed by atoms with Crippen LogP contribution in [-0.4, -0.2) is 18.1 Å². The molecule has 1 aromatic rings. The van der Waals surface area contributed by atoms with Gasteiger partial charge in [0.15, 0.2) is 0 Å². The van der Waals surface area contributed by atoms with Crippen molar-refractivity contribution in [1.29, 1.82) is 0 Å². The Bertz CT molecular complexity index is 327. The minimum atomic E-state index is -0.405. The number of ether oxygens (including phenoxy) is 1. The van der Waals surface area contributed by atoms with Crippen molar-refractivity contribution in [2.75, 3.05) is 7.05 Å². The molecule has 4 heteroatoms. The van der Waals surface area contributed by atoms with E-state index in [-0.39, 0.29) is 6.10 Å². The van der Waals surface area contributed by atoms with Gasteiger partial charge in [0.05, 0.1) is 5.69 Å². The molecule has 17 heavy (non-hydrogen) atoms. The summed E-state index contributed by atoms with van der Waals surface area (Å²) < 4.78 is 5.32. The Morgan fingerprint density at radius 1 is 1.47 bits per heavy atom. The molecule has 0 fully saturated rings. The van der Waals surface area contributed by atoms with Gasteiger partial charge in [0, 0.05) is 13.2 Å². The van der Waals surface area contributed by atoms with E-state index in [4.69, 9.17) is 4.74 Å². The number of alkyl carbamates (subject to hydrolysis) is 1. The quantitative estimate of drug-likeness (QED) is 0.772. The smallest absolute Gasteiger partial charge is 0.407 e. The highest BCUT2D eigenvalue weighted by Gasteiger charge is 2.16. The van der Waals surface area contributed by atoms with Crippen LogP contribution in [0.4, 0.5) is 4.79 Å². The molecule has 0 bridgehead atoms. The molecule has 0 spiro atoms. The summed E-state index contributed by atoms with van der Waals surface area (Å²) >= 11 is 0. The zero-order chi connectivity index (χ0) is 12.5. The number of unbranched alkanes of at least 4 members (excludes halogenated alkanes) is 2. The second-order valence-corrected chi connectivity index (χ2v) is 3.89. The summed E-state index contributed by atoms with van der Waals surface area (Å²) in [5.74, 6) is 0. The zero-order valence-corrected chi connectivity index (χ0v) is 10.5. The van der Waals surface area contributed by atoms with Crippen molar-refractivity contribution >= 4 is 6.09 Å². The molecule has 1 N–H and O–H groups in total. The van der Waals surface area contributed by atoms with Gasteiger partial charge in [-0.25, -0.2) is 4.79 Å². The molecule has 1 atom stereocenters. The lowest BCUT2D eigenvalue weighted by molar-refractivity contribution is 0.0903. The van der Waals surface area contributed by atoms with Crippen LogP contribution in [-0.2, 0) is 4.74 Å². The summed E-state index contributed by atoms with van der Waals surface area (Å²) in [5, 5.41) is 2.47. The number of hydrogen-bond donors (Lipinski definition) is 1. The van der Waals surface area contributed by atoms with E-state index in [2.05, 4.69) is 17.2 Å². The predicted octanol–water partition coefficient (Wildman–Crippen LogP) is 3.06. The largest absolute Gasteiger partial charge is 0.440 e. The molecule has 94 valence electrons. The molecule has 0 aromatic carbocycles. The van der Waals surface area contributed by atoms with Gasteiger partial charge in [-0.2, -0.15) is 0 Å². The van der Waals surface area contributed by atoms with Gasteiger partial charge in [0.2, 0.25) is 0 Å². The van der Waals surface area contributed by atoms with Crippen LogP contribution < -0.4 is 5.32 Å². The molecule has 1 amide bonds. The molecule has 0 aliphatic rings. The summed E-state index contributed by atoms with van der Waals surface area (Å²) in [7, 11) is 1.56. The Hall–Kier alpha value is -1.58. The summed E-state index contributed by atoms with van der Waals surface area (Å²) in [6.07, 6.45) is 5.21. The van der Waals surface area contributed by atoms with Crippen molar-refractivity contribution in [2.24, 2.45) is 0 Å². The number of carbonyl (C=O) groups excluding carboxylic acids is 1. The Labute approximate surface area is 102 Å². The molecule has 1 rings (SSSR count). The van der Waals surface area contributed by atoms with Crippen LogP contribution in [0.2, 0.25) is 0 Å². The molecular formula is C13H20N2O2. The second kappa shape index (κ2) is 7.65. The third-order valence-corrected chi connectivity index (χ3v) is 2.54. The maximum Gasteiger partial charge on any atom is 0.407 e. The first kappa shape index (κ1) is 13.5. The minimum Gasteiger partial charge on any atom is -0.440 e. The first-order valence-corrected chi connectivity index (χ1v) is 6.07. The van der Waals surface area contributed by atoms with E-state index in [1.165, 1.54) is 0 Å². The topological polar surface area (TPSA) is 51.2 Å². The molecule has 0 aliphatic carbocycles. The van der Waals surface area contributed by atoms with Crippen LogP contribution in [0.5, 0.6) is 0 Å². The number of nitrogens with zero attached hydrogens (tertiary/aromatic N) is 1. The average Bonchev–Trinajstić information content (AvgIpc) is 2.38. The second-order valence-electron chi connectivity index (χ2n) is 3.89. The highest BCUT2D eigenvalue weighted by Crippen LogP contribution is 2.22. The minimum absolute atomic E-state index is 0.248. The third kappa shape index (κ3) is 4.85. The van der Waals surface area contributed by atoms with Crippen molar-refractivity contribution in [3.05, 3.63) is 30.1 Å². The van der Waals surface area contributed by atoms with Crippen molar-refractivity contribution < 1.29 is 9.53 Å². The normalized spacial score (nSPS) is 11.9. The molecule has 1 unspecified atom stereocenters. The Kier molecular flexibility index (Phi) is 6.07. The van der Waals surface area contributed by atoms with Gasteiger partial charge in [-0.1, -0.05) is 25.8 Å². The van der Waals surface area contributed by atoms with E-state index >= 15 is 0 Å².